The van der Waals surface area contributed by atoms with Crippen molar-refractivity contribution in [2.45, 2.75) is 33.2 Å². The topological polar surface area (TPSA) is 59.1 Å². The highest BCUT2D eigenvalue weighted by Gasteiger charge is 2.03. The van der Waals surface area contributed by atoms with Gasteiger partial charge in [0.1, 0.15) is 11.6 Å². The summed E-state index contributed by atoms with van der Waals surface area (Å²) in [5.74, 6) is 2.26. The van der Waals surface area contributed by atoms with Crippen molar-refractivity contribution in [2.75, 3.05) is 17.2 Å². The summed E-state index contributed by atoms with van der Waals surface area (Å²) in [5.41, 5.74) is 0.930. The molecular weight excluding hydrogens is 264 g/mol. The summed E-state index contributed by atoms with van der Waals surface area (Å²) in [6, 6.07) is 10.0. The second-order valence-corrected chi connectivity index (χ2v) is 4.80. The van der Waals surface area contributed by atoms with Crippen molar-refractivity contribution >= 4 is 17.5 Å². The molecule has 0 spiro atoms. The molecular formula is C16H22N4O. The summed E-state index contributed by atoms with van der Waals surface area (Å²) in [6.07, 6.45) is 2.79. The molecule has 1 aromatic heterocycles. The third kappa shape index (κ3) is 4.63. The van der Waals surface area contributed by atoms with Crippen molar-refractivity contribution in [3.05, 3.63) is 36.5 Å². The van der Waals surface area contributed by atoms with Gasteiger partial charge in [-0.1, -0.05) is 6.92 Å². The van der Waals surface area contributed by atoms with Gasteiger partial charge in [0.2, 0.25) is 5.95 Å². The van der Waals surface area contributed by atoms with Crippen LogP contribution in [0.3, 0.4) is 0 Å². The number of nitrogens with one attached hydrogen (secondary N) is 2. The molecule has 0 saturated heterocycles. The van der Waals surface area contributed by atoms with Crippen molar-refractivity contribution in [3.63, 3.8) is 0 Å². The molecule has 0 aliphatic rings. The van der Waals surface area contributed by atoms with Crippen LogP contribution in [0.1, 0.15) is 27.2 Å². The Labute approximate surface area is 125 Å². The fourth-order valence-corrected chi connectivity index (χ4v) is 1.78. The van der Waals surface area contributed by atoms with Crippen LogP contribution in [0.2, 0.25) is 0 Å². The maximum atomic E-state index is 5.42. The molecule has 5 nitrogen and oxygen atoms in total. The molecule has 0 amide bonds. The smallest absolute Gasteiger partial charge is 0.229 e. The van der Waals surface area contributed by atoms with E-state index < -0.39 is 0 Å². The van der Waals surface area contributed by atoms with E-state index in [9.17, 15) is 0 Å². The molecule has 0 fully saturated rings. The van der Waals surface area contributed by atoms with E-state index >= 15 is 0 Å². The minimum absolute atomic E-state index is 0.387. The van der Waals surface area contributed by atoms with Gasteiger partial charge in [-0.15, -0.1) is 0 Å². The molecule has 2 rings (SSSR count). The lowest BCUT2D eigenvalue weighted by atomic mass is 10.2. The Bertz CT molecular complexity index is 556. The fourth-order valence-electron chi connectivity index (χ4n) is 1.78. The van der Waals surface area contributed by atoms with Gasteiger partial charge in [-0.2, -0.15) is 4.98 Å². The quantitative estimate of drug-likeness (QED) is 0.810. The molecule has 1 aromatic carbocycles. The van der Waals surface area contributed by atoms with E-state index in [0.29, 0.717) is 18.6 Å². The first kappa shape index (κ1) is 15.1. The van der Waals surface area contributed by atoms with Crippen molar-refractivity contribution in [2.24, 2.45) is 0 Å². The Morgan fingerprint density at radius 1 is 1.14 bits per heavy atom. The molecule has 1 unspecified atom stereocenters. The van der Waals surface area contributed by atoms with Crippen LogP contribution in [0, 0.1) is 0 Å². The van der Waals surface area contributed by atoms with Crippen molar-refractivity contribution < 1.29 is 4.74 Å². The maximum Gasteiger partial charge on any atom is 0.229 e. The molecule has 5 heteroatoms. The van der Waals surface area contributed by atoms with Crippen molar-refractivity contribution in [1.29, 1.82) is 0 Å². The first-order valence-electron chi connectivity index (χ1n) is 7.30. The summed E-state index contributed by atoms with van der Waals surface area (Å²) in [5, 5.41) is 6.52. The van der Waals surface area contributed by atoms with E-state index in [1.165, 1.54) is 0 Å². The number of benzene rings is 1. The van der Waals surface area contributed by atoms with Crippen LogP contribution in [0.5, 0.6) is 5.75 Å². The average molecular weight is 286 g/mol. The number of aromatic nitrogens is 2. The molecule has 0 aliphatic heterocycles. The Hall–Kier alpha value is -2.30. The first-order valence-corrected chi connectivity index (χ1v) is 7.30. The van der Waals surface area contributed by atoms with Crippen molar-refractivity contribution in [3.8, 4) is 5.75 Å². The summed E-state index contributed by atoms with van der Waals surface area (Å²) in [4.78, 5) is 8.68. The summed E-state index contributed by atoms with van der Waals surface area (Å²) in [7, 11) is 0. The Morgan fingerprint density at radius 3 is 2.57 bits per heavy atom. The molecule has 2 N–H and O–H groups in total. The third-order valence-electron chi connectivity index (χ3n) is 3.08. The maximum absolute atomic E-state index is 5.42. The van der Waals surface area contributed by atoms with Crippen LogP contribution < -0.4 is 15.4 Å². The van der Waals surface area contributed by atoms with Gasteiger partial charge in [0.05, 0.1) is 6.61 Å². The van der Waals surface area contributed by atoms with Gasteiger partial charge in [0.25, 0.3) is 0 Å². The van der Waals surface area contributed by atoms with E-state index in [1.54, 1.807) is 6.20 Å². The predicted octanol–water partition coefficient (Wildman–Crippen LogP) is 3.83. The second kappa shape index (κ2) is 7.47. The number of anilines is 3. The van der Waals surface area contributed by atoms with Gasteiger partial charge in [0.15, 0.2) is 0 Å². The fraction of sp³-hybridized carbons (Fsp3) is 0.375. The van der Waals surface area contributed by atoms with Gasteiger partial charge in [-0.05, 0) is 50.6 Å². The molecule has 21 heavy (non-hydrogen) atoms. The van der Waals surface area contributed by atoms with Crippen LogP contribution in [0.15, 0.2) is 36.5 Å². The normalized spacial score (nSPS) is 11.8. The summed E-state index contributed by atoms with van der Waals surface area (Å²) < 4.78 is 5.42. The van der Waals surface area contributed by atoms with Crippen LogP contribution in [-0.2, 0) is 0 Å². The van der Waals surface area contributed by atoms with Crippen LogP contribution in [-0.4, -0.2) is 22.6 Å². The molecule has 1 atom stereocenters. The molecule has 0 radical (unpaired) electrons. The number of hydrogen-bond donors (Lipinski definition) is 2. The number of rotatable bonds is 7. The molecule has 1 heterocycles. The van der Waals surface area contributed by atoms with E-state index in [1.807, 2.05) is 37.3 Å². The van der Waals surface area contributed by atoms with E-state index in [4.69, 9.17) is 4.74 Å². The zero-order valence-electron chi connectivity index (χ0n) is 12.8. The zero-order chi connectivity index (χ0) is 15.1. The van der Waals surface area contributed by atoms with Crippen molar-refractivity contribution in [1.82, 2.24) is 9.97 Å². The third-order valence-corrected chi connectivity index (χ3v) is 3.08. The SMILES string of the molecule is CCOc1ccc(Nc2nccc(NC(C)CC)n2)cc1. The Balaban J connectivity index is 2.03. The van der Waals surface area contributed by atoms with Crippen LogP contribution in [0.4, 0.5) is 17.5 Å². The standard InChI is InChI=1S/C16H22N4O/c1-4-12(3)18-15-10-11-17-16(20-15)19-13-6-8-14(9-7-13)21-5-2/h6-12H,4-5H2,1-3H3,(H2,17,18,19,20). The second-order valence-electron chi connectivity index (χ2n) is 4.80. The van der Waals surface area contributed by atoms with Gasteiger partial charge in [-0.3, -0.25) is 0 Å². The largest absolute Gasteiger partial charge is 0.494 e. The first-order chi connectivity index (χ1) is 10.2. The van der Waals surface area contributed by atoms with Crippen LogP contribution >= 0.6 is 0 Å². The predicted molar refractivity (Wildman–Crippen MR) is 86.3 cm³/mol. The summed E-state index contributed by atoms with van der Waals surface area (Å²) >= 11 is 0. The molecule has 112 valence electrons. The number of ether oxygens (including phenoxy) is 1. The van der Waals surface area contributed by atoms with E-state index in [2.05, 4.69) is 34.4 Å². The van der Waals surface area contributed by atoms with Gasteiger partial charge in [0, 0.05) is 17.9 Å². The Kier molecular flexibility index (Phi) is 5.37. The highest BCUT2D eigenvalue weighted by atomic mass is 16.5. The number of hydrogen-bond acceptors (Lipinski definition) is 5. The minimum atomic E-state index is 0.387. The van der Waals surface area contributed by atoms with E-state index in [-0.39, 0.29) is 0 Å². The van der Waals surface area contributed by atoms with Gasteiger partial charge in [-0.25, -0.2) is 4.98 Å². The lowest BCUT2D eigenvalue weighted by Crippen LogP contribution is -2.14. The lowest BCUT2D eigenvalue weighted by molar-refractivity contribution is 0.340. The highest BCUT2D eigenvalue weighted by molar-refractivity contribution is 5.55. The highest BCUT2D eigenvalue weighted by Crippen LogP contribution is 2.19. The molecule has 2 aromatic rings. The average Bonchev–Trinajstić information content (AvgIpc) is 2.50. The molecule has 0 saturated carbocycles. The van der Waals surface area contributed by atoms with E-state index in [0.717, 1.165) is 23.7 Å². The summed E-state index contributed by atoms with van der Waals surface area (Å²) in [6.45, 7) is 6.90. The Morgan fingerprint density at radius 2 is 1.90 bits per heavy atom. The monoisotopic (exact) mass is 286 g/mol. The number of nitrogens with zero attached hydrogens (tertiary/aromatic N) is 2. The van der Waals surface area contributed by atoms with Crippen LogP contribution in [0.25, 0.3) is 0 Å². The molecule has 0 aliphatic carbocycles. The van der Waals surface area contributed by atoms with Gasteiger partial charge < -0.3 is 15.4 Å². The van der Waals surface area contributed by atoms with Gasteiger partial charge >= 0.3 is 0 Å². The molecule has 0 bridgehead atoms. The minimum Gasteiger partial charge on any atom is -0.494 e. The lowest BCUT2D eigenvalue weighted by Gasteiger charge is -2.13. The zero-order valence-corrected chi connectivity index (χ0v) is 12.8.